The van der Waals surface area contributed by atoms with Gasteiger partial charge in [0.05, 0.1) is 23.4 Å². The van der Waals surface area contributed by atoms with Crippen LogP contribution in [0.4, 0.5) is 0 Å². The number of nitrogens with zero attached hydrogens (tertiary/aromatic N) is 3. The van der Waals surface area contributed by atoms with E-state index < -0.39 is 0 Å². The molecule has 2 aromatic carbocycles. The molecule has 33 heavy (non-hydrogen) atoms. The molecule has 6 heteroatoms. The van der Waals surface area contributed by atoms with E-state index in [1.54, 1.807) is 35.4 Å². The number of carbonyl (C=O) groups excluding carboxylic acids is 2. The first-order chi connectivity index (χ1) is 16.1. The van der Waals surface area contributed by atoms with Crippen LogP contribution in [-0.2, 0) is 4.79 Å². The maximum Gasteiger partial charge on any atom is 0.253 e. The van der Waals surface area contributed by atoms with Gasteiger partial charge in [-0.15, -0.1) is 0 Å². The molecular formula is C27H26N4O2. The summed E-state index contributed by atoms with van der Waals surface area (Å²) in [6.07, 6.45) is 2.96. The molecule has 1 aliphatic heterocycles. The summed E-state index contributed by atoms with van der Waals surface area (Å²) in [5.41, 5.74) is 3.94. The minimum absolute atomic E-state index is 0.0145. The van der Waals surface area contributed by atoms with Gasteiger partial charge in [-0.3, -0.25) is 14.6 Å². The highest BCUT2D eigenvalue weighted by atomic mass is 16.2. The van der Waals surface area contributed by atoms with E-state index >= 15 is 0 Å². The number of pyridine rings is 1. The summed E-state index contributed by atoms with van der Waals surface area (Å²) in [5.74, 6) is -0.241. The largest absolute Gasteiger partial charge is 0.343 e. The molecule has 1 aromatic heterocycles. The lowest BCUT2D eigenvalue weighted by atomic mass is 9.93. The lowest BCUT2D eigenvalue weighted by molar-refractivity contribution is -0.126. The van der Waals surface area contributed by atoms with E-state index in [0.717, 1.165) is 16.8 Å². The molecule has 1 N–H and O–H groups in total. The second-order valence-corrected chi connectivity index (χ2v) is 8.31. The SMILES string of the molecule is Cc1cccnc1C(NC(=O)C1CCN(C(=O)c2ccc(C#N)cc2)CC1)c1ccccc1. The highest BCUT2D eigenvalue weighted by Crippen LogP contribution is 2.26. The number of carbonyl (C=O) groups is 2. The molecule has 1 atom stereocenters. The van der Waals surface area contributed by atoms with Crippen LogP contribution in [0.1, 0.15) is 51.6 Å². The Labute approximate surface area is 193 Å². The van der Waals surface area contributed by atoms with E-state index in [1.165, 1.54) is 0 Å². The molecule has 1 saturated heterocycles. The number of amides is 2. The van der Waals surface area contributed by atoms with E-state index in [1.807, 2.05) is 49.4 Å². The van der Waals surface area contributed by atoms with Gasteiger partial charge in [0.2, 0.25) is 5.91 Å². The maximum absolute atomic E-state index is 13.2. The molecule has 4 rings (SSSR count). The highest BCUT2D eigenvalue weighted by molar-refractivity contribution is 5.94. The number of hydrogen-bond acceptors (Lipinski definition) is 4. The van der Waals surface area contributed by atoms with E-state index in [-0.39, 0.29) is 23.8 Å². The first-order valence-electron chi connectivity index (χ1n) is 11.1. The van der Waals surface area contributed by atoms with Gasteiger partial charge in [-0.1, -0.05) is 36.4 Å². The quantitative estimate of drug-likeness (QED) is 0.652. The van der Waals surface area contributed by atoms with Crippen LogP contribution in [0.2, 0.25) is 0 Å². The first-order valence-corrected chi connectivity index (χ1v) is 11.1. The predicted molar refractivity (Wildman–Crippen MR) is 125 cm³/mol. The number of nitriles is 1. The maximum atomic E-state index is 13.2. The van der Waals surface area contributed by atoms with Crippen molar-refractivity contribution >= 4 is 11.8 Å². The molecule has 2 amide bonds. The third kappa shape index (κ3) is 5.09. The molecule has 1 fully saturated rings. The molecular weight excluding hydrogens is 412 g/mol. The number of hydrogen-bond donors (Lipinski definition) is 1. The number of likely N-dealkylation sites (tertiary alicyclic amines) is 1. The Morgan fingerprint density at radius 1 is 1.03 bits per heavy atom. The average molecular weight is 439 g/mol. The summed E-state index contributed by atoms with van der Waals surface area (Å²) in [7, 11) is 0. The minimum atomic E-state index is -0.321. The van der Waals surface area contributed by atoms with Crippen molar-refractivity contribution in [2.75, 3.05) is 13.1 Å². The van der Waals surface area contributed by atoms with Gasteiger partial charge < -0.3 is 10.2 Å². The van der Waals surface area contributed by atoms with Crippen molar-refractivity contribution in [3.8, 4) is 6.07 Å². The Bertz CT molecular complexity index is 1160. The molecule has 2 heterocycles. The van der Waals surface area contributed by atoms with Crippen molar-refractivity contribution < 1.29 is 9.59 Å². The summed E-state index contributed by atoms with van der Waals surface area (Å²) < 4.78 is 0. The third-order valence-electron chi connectivity index (χ3n) is 6.16. The van der Waals surface area contributed by atoms with Crippen molar-refractivity contribution in [3.05, 3.63) is 101 Å². The summed E-state index contributed by atoms with van der Waals surface area (Å²) >= 11 is 0. The number of piperidine rings is 1. The van der Waals surface area contributed by atoms with Gasteiger partial charge >= 0.3 is 0 Å². The zero-order chi connectivity index (χ0) is 23.2. The summed E-state index contributed by atoms with van der Waals surface area (Å²) in [6, 6.07) is 22.2. The molecule has 0 aliphatic carbocycles. The zero-order valence-electron chi connectivity index (χ0n) is 18.6. The fraction of sp³-hybridized carbons (Fsp3) is 0.259. The topological polar surface area (TPSA) is 86.1 Å². The molecule has 0 saturated carbocycles. The van der Waals surface area contributed by atoms with Crippen molar-refractivity contribution in [1.29, 1.82) is 5.26 Å². The van der Waals surface area contributed by atoms with Crippen LogP contribution >= 0.6 is 0 Å². The molecule has 0 radical (unpaired) electrons. The van der Waals surface area contributed by atoms with Crippen molar-refractivity contribution in [3.63, 3.8) is 0 Å². The Hall–Kier alpha value is -3.98. The second-order valence-electron chi connectivity index (χ2n) is 8.31. The summed E-state index contributed by atoms with van der Waals surface area (Å²) in [6.45, 7) is 3.04. The second kappa shape index (κ2) is 10.1. The van der Waals surface area contributed by atoms with Crippen LogP contribution in [0.15, 0.2) is 72.9 Å². The molecule has 1 unspecified atom stereocenters. The number of nitrogens with one attached hydrogen (secondary N) is 1. The molecule has 0 bridgehead atoms. The number of aromatic nitrogens is 1. The number of benzene rings is 2. The zero-order valence-corrected chi connectivity index (χ0v) is 18.6. The van der Waals surface area contributed by atoms with Crippen LogP contribution in [0.3, 0.4) is 0 Å². The molecule has 6 nitrogen and oxygen atoms in total. The lowest BCUT2D eigenvalue weighted by Crippen LogP contribution is -2.44. The fourth-order valence-electron chi connectivity index (χ4n) is 4.23. The van der Waals surface area contributed by atoms with Gasteiger partial charge in [0, 0.05) is 30.8 Å². The Kier molecular flexibility index (Phi) is 6.80. The summed E-state index contributed by atoms with van der Waals surface area (Å²) in [5, 5.41) is 12.1. The average Bonchev–Trinajstić information content (AvgIpc) is 2.88. The van der Waals surface area contributed by atoms with Crippen LogP contribution in [0.5, 0.6) is 0 Å². The molecule has 0 spiro atoms. The van der Waals surface area contributed by atoms with E-state index in [4.69, 9.17) is 5.26 Å². The van der Waals surface area contributed by atoms with Gasteiger partial charge in [0.25, 0.3) is 5.91 Å². The molecule has 3 aromatic rings. The standard InChI is InChI=1S/C27H26N4O2/c1-19-6-5-15-29-24(19)25(21-7-3-2-4-8-21)30-26(32)22-13-16-31(17-14-22)27(33)23-11-9-20(18-28)10-12-23/h2-12,15,22,25H,13-14,16-17H2,1H3,(H,30,32). The van der Waals surface area contributed by atoms with Gasteiger partial charge in [0.1, 0.15) is 0 Å². The van der Waals surface area contributed by atoms with Crippen LogP contribution < -0.4 is 5.32 Å². The van der Waals surface area contributed by atoms with Crippen molar-refractivity contribution in [2.24, 2.45) is 5.92 Å². The Balaban J connectivity index is 1.42. The van der Waals surface area contributed by atoms with E-state index in [0.29, 0.717) is 37.1 Å². The normalized spacial score (nSPS) is 14.8. The van der Waals surface area contributed by atoms with Gasteiger partial charge in [0.15, 0.2) is 0 Å². The van der Waals surface area contributed by atoms with Crippen LogP contribution in [0.25, 0.3) is 0 Å². The Morgan fingerprint density at radius 3 is 2.36 bits per heavy atom. The fourth-order valence-corrected chi connectivity index (χ4v) is 4.23. The van der Waals surface area contributed by atoms with Gasteiger partial charge in [-0.2, -0.15) is 5.26 Å². The first kappa shape index (κ1) is 22.2. The smallest absolute Gasteiger partial charge is 0.253 e. The minimum Gasteiger partial charge on any atom is -0.343 e. The third-order valence-corrected chi connectivity index (χ3v) is 6.16. The van der Waals surface area contributed by atoms with Gasteiger partial charge in [-0.05, 0) is 61.2 Å². The number of rotatable bonds is 5. The van der Waals surface area contributed by atoms with Crippen LogP contribution in [0, 0.1) is 24.2 Å². The van der Waals surface area contributed by atoms with Crippen molar-refractivity contribution in [1.82, 2.24) is 15.2 Å². The van der Waals surface area contributed by atoms with Crippen LogP contribution in [-0.4, -0.2) is 34.8 Å². The monoisotopic (exact) mass is 438 g/mol. The number of aryl methyl sites for hydroxylation is 1. The highest BCUT2D eigenvalue weighted by Gasteiger charge is 2.30. The molecule has 1 aliphatic rings. The molecule has 166 valence electrons. The summed E-state index contributed by atoms with van der Waals surface area (Å²) in [4.78, 5) is 32.3. The van der Waals surface area contributed by atoms with Crippen molar-refractivity contribution in [2.45, 2.75) is 25.8 Å². The lowest BCUT2D eigenvalue weighted by Gasteiger charge is -2.32. The van der Waals surface area contributed by atoms with E-state index in [2.05, 4.69) is 16.4 Å². The predicted octanol–water partition coefficient (Wildman–Crippen LogP) is 4.02. The Morgan fingerprint density at radius 2 is 1.73 bits per heavy atom. The van der Waals surface area contributed by atoms with E-state index in [9.17, 15) is 9.59 Å². The van der Waals surface area contributed by atoms with Gasteiger partial charge in [-0.25, -0.2) is 0 Å².